The number of aliphatic hydroxyl groups excluding tert-OH is 2. The van der Waals surface area contributed by atoms with Crippen LogP contribution in [0.15, 0.2) is 48.3 Å². The fourth-order valence-electron chi connectivity index (χ4n) is 12.7. The molecule has 9 atom stereocenters. The number of rotatable bonds is 5. The van der Waals surface area contributed by atoms with Crippen molar-refractivity contribution in [3.63, 3.8) is 0 Å². The van der Waals surface area contributed by atoms with Gasteiger partial charge in [-0.25, -0.2) is 4.79 Å². The van der Waals surface area contributed by atoms with Crippen LogP contribution in [-0.4, -0.2) is 56.1 Å². The van der Waals surface area contributed by atoms with Crippen LogP contribution in [0, 0.1) is 28.6 Å². The summed E-state index contributed by atoms with van der Waals surface area (Å²) in [5.74, 6) is -1.12. The van der Waals surface area contributed by atoms with Gasteiger partial charge in [0, 0.05) is 33.4 Å². The molecule has 1 aromatic carbocycles. The van der Waals surface area contributed by atoms with Crippen molar-refractivity contribution >= 4 is 28.2 Å². The number of Topliss-reactive ketones (excluding diaryl/α,β-unsaturated/α-hetero) is 1. The zero-order chi connectivity index (χ0) is 37.0. The van der Waals surface area contributed by atoms with E-state index in [1.54, 1.807) is 6.08 Å². The smallest absolute Gasteiger partial charge is 0.371 e. The molecule has 2 saturated carbocycles. The molecule has 8 rings (SSSR count). The van der Waals surface area contributed by atoms with E-state index >= 15 is 0 Å². The van der Waals surface area contributed by atoms with Gasteiger partial charge in [0.25, 0.3) is 0 Å². The number of carbonyl (C=O) groups excluding carboxylic acids is 1. The molecule has 272 valence electrons. The van der Waals surface area contributed by atoms with Crippen molar-refractivity contribution in [1.82, 2.24) is 4.57 Å². The molecule has 4 aliphatic carbocycles. The van der Waals surface area contributed by atoms with Crippen LogP contribution in [-0.2, 0) is 26.1 Å². The largest absolute Gasteiger partial charge is 0.490 e. The summed E-state index contributed by atoms with van der Waals surface area (Å²) in [6.07, 6.45) is 10.2. The fraction of sp³-hybridized carbons (Fsp3) is 0.581. The first-order valence-corrected chi connectivity index (χ1v) is 18.6. The van der Waals surface area contributed by atoms with E-state index in [0.29, 0.717) is 17.9 Å². The Balaban J connectivity index is 1.35. The Morgan fingerprint density at radius 2 is 1.80 bits per heavy atom. The van der Waals surface area contributed by atoms with Crippen molar-refractivity contribution in [3.8, 4) is 0 Å². The van der Waals surface area contributed by atoms with Gasteiger partial charge in [0.1, 0.15) is 6.04 Å². The third kappa shape index (κ3) is 4.18. The zero-order valence-corrected chi connectivity index (χ0v) is 31.5. The number of nitrogens with zero attached hydrogens (tertiary/aromatic N) is 1. The van der Waals surface area contributed by atoms with Gasteiger partial charge in [0.2, 0.25) is 5.76 Å². The summed E-state index contributed by atoms with van der Waals surface area (Å²) in [7, 11) is 1.34. The number of hydrogen-bond donors (Lipinski definition) is 3. The number of carbonyl (C=O) groups is 2. The van der Waals surface area contributed by atoms with E-state index in [9.17, 15) is 24.9 Å². The highest BCUT2D eigenvalue weighted by molar-refractivity contribution is 6.18. The lowest BCUT2D eigenvalue weighted by Gasteiger charge is -2.64. The molecule has 2 fully saturated rings. The number of aromatic nitrogens is 1. The third-order valence-corrected chi connectivity index (χ3v) is 14.7. The lowest BCUT2D eigenvalue weighted by Crippen LogP contribution is -2.62. The number of aliphatic hydroxyl groups is 2. The standard InChI is InChI=1S/C43H53NO7/c1-21(2)33-36(47)31-30-23(26-20-39(3,4)51-40(5,6)32(26)35(30)46)19-24-25-18-22-13-14-28-41(7,16-11-12-27(50-10)38(48)49)29(45)15-17-42(28,8)43(22,9)37(25)44(33)34(24)31/h11-12,16,19-20,22,28-29,32-33,35,45-46H,1,13-15,17-18H2,2-10H3,(H,48,49)/b16-11+,27-12-/t22?,28-,29-,32?,33-,35+,41-,42-,43+/m0/s1. The molecule has 0 spiro atoms. The highest BCUT2D eigenvalue weighted by Crippen LogP contribution is 2.71. The number of ketones is 1. The van der Waals surface area contributed by atoms with Crippen molar-refractivity contribution in [1.29, 1.82) is 0 Å². The number of fused-ring (bicyclic) bond motifs is 11. The minimum Gasteiger partial charge on any atom is -0.490 e. The molecule has 51 heavy (non-hydrogen) atoms. The molecular weight excluding hydrogens is 642 g/mol. The maximum atomic E-state index is 14.9. The van der Waals surface area contributed by atoms with Crippen molar-refractivity contribution < 1.29 is 34.4 Å². The third-order valence-electron chi connectivity index (χ3n) is 14.7. The highest BCUT2D eigenvalue weighted by atomic mass is 16.5. The number of allylic oxidation sites excluding steroid dienone is 3. The monoisotopic (exact) mass is 695 g/mol. The van der Waals surface area contributed by atoms with Gasteiger partial charge >= 0.3 is 5.97 Å². The molecule has 2 unspecified atom stereocenters. The highest BCUT2D eigenvalue weighted by Gasteiger charge is 2.67. The van der Waals surface area contributed by atoms with Gasteiger partial charge in [-0.2, -0.15) is 0 Å². The Kier molecular flexibility index (Phi) is 7.18. The van der Waals surface area contributed by atoms with E-state index in [2.05, 4.69) is 57.9 Å². The van der Waals surface area contributed by atoms with Gasteiger partial charge in [-0.3, -0.25) is 4.79 Å². The van der Waals surface area contributed by atoms with Crippen LogP contribution in [0.1, 0.15) is 126 Å². The van der Waals surface area contributed by atoms with Gasteiger partial charge in [-0.15, -0.1) is 0 Å². The van der Waals surface area contributed by atoms with E-state index in [4.69, 9.17) is 9.47 Å². The lowest BCUT2D eigenvalue weighted by atomic mass is 9.40. The molecule has 0 saturated heterocycles. The van der Waals surface area contributed by atoms with Gasteiger partial charge in [-0.05, 0) is 119 Å². The van der Waals surface area contributed by atoms with Crippen molar-refractivity contribution in [2.75, 3.05) is 7.11 Å². The van der Waals surface area contributed by atoms with Crippen molar-refractivity contribution in [2.24, 2.45) is 28.6 Å². The topological polar surface area (TPSA) is 118 Å². The quantitative estimate of drug-likeness (QED) is 0.127. The average molecular weight is 696 g/mol. The number of benzene rings is 1. The van der Waals surface area contributed by atoms with E-state index in [1.807, 2.05) is 26.8 Å². The molecule has 0 radical (unpaired) electrons. The number of ether oxygens (including phenoxy) is 2. The Hall–Kier alpha value is -3.46. The lowest BCUT2D eigenvalue weighted by molar-refractivity contribution is -0.144. The van der Waals surface area contributed by atoms with Gasteiger partial charge in [0.15, 0.2) is 5.78 Å². The molecule has 6 aliphatic rings. The van der Waals surface area contributed by atoms with E-state index in [-0.39, 0.29) is 34.2 Å². The van der Waals surface area contributed by atoms with Crippen LogP contribution in [0.4, 0.5) is 0 Å². The van der Waals surface area contributed by atoms with Crippen LogP contribution in [0.3, 0.4) is 0 Å². The van der Waals surface area contributed by atoms with Crippen molar-refractivity contribution in [3.05, 3.63) is 76.2 Å². The van der Waals surface area contributed by atoms with Crippen LogP contribution in [0.5, 0.6) is 0 Å². The Morgan fingerprint density at radius 1 is 1.10 bits per heavy atom. The summed E-state index contributed by atoms with van der Waals surface area (Å²) in [6.45, 7) is 21.5. The normalized spacial score (nSPS) is 38.6. The molecule has 8 heteroatoms. The Morgan fingerprint density at radius 3 is 2.45 bits per heavy atom. The molecule has 3 N–H and O–H groups in total. The van der Waals surface area contributed by atoms with Crippen molar-refractivity contribution in [2.45, 2.75) is 122 Å². The number of carboxylic acids is 1. The predicted octanol–water partition coefficient (Wildman–Crippen LogP) is 7.77. The summed E-state index contributed by atoms with van der Waals surface area (Å²) in [5, 5.41) is 34.5. The van der Waals surface area contributed by atoms with E-state index < -0.39 is 40.8 Å². The van der Waals surface area contributed by atoms with Gasteiger partial charge in [0.05, 0.1) is 41.6 Å². The van der Waals surface area contributed by atoms with Crippen LogP contribution in [0.2, 0.25) is 0 Å². The van der Waals surface area contributed by atoms with Crippen LogP contribution in [0.25, 0.3) is 16.5 Å². The van der Waals surface area contributed by atoms with E-state index in [0.717, 1.165) is 58.9 Å². The number of hydrogen-bond acceptors (Lipinski definition) is 6. The second-order valence-electron chi connectivity index (χ2n) is 18.2. The predicted molar refractivity (Wildman–Crippen MR) is 196 cm³/mol. The van der Waals surface area contributed by atoms with Crippen LogP contribution < -0.4 is 0 Å². The molecule has 0 bridgehead atoms. The molecule has 1 aromatic heterocycles. The zero-order valence-electron chi connectivity index (χ0n) is 31.5. The summed E-state index contributed by atoms with van der Waals surface area (Å²) in [5.41, 5.74) is 5.32. The maximum absolute atomic E-state index is 14.9. The molecule has 3 heterocycles. The van der Waals surface area contributed by atoms with Gasteiger partial charge < -0.3 is 29.4 Å². The second-order valence-corrected chi connectivity index (χ2v) is 18.2. The first-order chi connectivity index (χ1) is 23.7. The summed E-state index contributed by atoms with van der Waals surface area (Å²) < 4.78 is 13.9. The summed E-state index contributed by atoms with van der Waals surface area (Å²) in [6, 6.07) is 1.72. The first-order valence-electron chi connectivity index (χ1n) is 18.6. The first kappa shape index (κ1) is 34.6. The number of carboxylic acid groups (broad SMARTS) is 1. The van der Waals surface area contributed by atoms with E-state index in [1.165, 1.54) is 24.4 Å². The Bertz CT molecular complexity index is 2040. The summed E-state index contributed by atoms with van der Waals surface area (Å²) >= 11 is 0. The molecule has 2 aliphatic heterocycles. The average Bonchev–Trinajstić information content (AvgIpc) is 3.70. The van der Waals surface area contributed by atoms with Crippen LogP contribution >= 0.6 is 0 Å². The molecule has 0 amide bonds. The number of aliphatic carboxylic acids is 1. The minimum atomic E-state index is -1.14. The minimum absolute atomic E-state index is 0.00833. The maximum Gasteiger partial charge on any atom is 0.371 e. The van der Waals surface area contributed by atoms with Gasteiger partial charge in [-0.1, -0.05) is 45.1 Å². The number of methoxy groups -OCH3 is 1. The molecule has 8 nitrogen and oxygen atoms in total. The summed E-state index contributed by atoms with van der Waals surface area (Å²) in [4.78, 5) is 26.5. The fourth-order valence-corrected chi connectivity index (χ4v) is 12.7. The SMILES string of the molecule is C=C(C)[C@H]1C(=O)c2c3c(cc4c5c(n1c24)[C@@]1(C)C(CC[C@H]2[C@](C)(/C=C/C=C(\OC)C(=O)O)[C@@H](O)CC[C@@]21C)C5)C1=CC(C)(C)OC(C)(C)C1[C@@H]3O. The molecular formula is C43H53NO7. The Labute approximate surface area is 300 Å². The molecule has 2 aromatic rings. The second kappa shape index (κ2) is 10.6.